The van der Waals surface area contributed by atoms with Crippen LogP contribution in [0.1, 0.15) is 10.6 Å². The molecule has 6 rings (SSSR count). The molecule has 0 unspecified atom stereocenters. The topological polar surface area (TPSA) is 80.8 Å². The predicted octanol–water partition coefficient (Wildman–Crippen LogP) is 6.15. The first-order valence-electron chi connectivity index (χ1n) is 11.2. The average Bonchev–Trinajstić information content (AvgIpc) is 3.34. The maximum atomic E-state index is 13.4. The van der Waals surface area contributed by atoms with Crippen LogP contribution in [0.15, 0.2) is 90.1 Å². The number of benzene rings is 2. The SMILES string of the molecule is Cc1ncc(-c2nc3[nH]cc(OCc4ccccc4)c(=O)c3cc2-c2ccc3ncccc3c2)s1. The third-order valence-electron chi connectivity index (χ3n) is 5.84. The maximum Gasteiger partial charge on any atom is 0.232 e. The Kier molecular flexibility index (Phi) is 5.31. The summed E-state index contributed by atoms with van der Waals surface area (Å²) in [6.45, 7) is 2.28. The van der Waals surface area contributed by atoms with E-state index in [0.29, 0.717) is 17.6 Å². The van der Waals surface area contributed by atoms with E-state index >= 15 is 0 Å². The zero-order chi connectivity index (χ0) is 23.8. The molecule has 0 fully saturated rings. The molecule has 0 atom stereocenters. The fraction of sp³-hybridized carbons (Fsp3) is 0.0714. The number of rotatable bonds is 5. The number of aromatic nitrogens is 4. The summed E-state index contributed by atoms with van der Waals surface area (Å²) in [5.74, 6) is 0.262. The summed E-state index contributed by atoms with van der Waals surface area (Å²) >= 11 is 1.57. The van der Waals surface area contributed by atoms with Gasteiger partial charge >= 0.3 is 0 Å². The lowest BCUT2D eigenvalue weighted by Gasteiger charge is -2.12. The van der Waals surface area contributed by atoms with Gasteiger partial charge in [0.2, 0.25) is 5.43 Å². The number of thiazole rings is 1. The second kappa shape index (κ2) is 8.77. The lowest BCUT2D eigenvalue weighted by atomic mass is 10.00. The summed E-state index contributed by atoms with van der Waals surface area (Å²) in [6, 6.07) is 21.7. The maximum absolute atomic E-state index is 13.4. The number of aromatic amines is 1. The summed E-state index contributed by atoms with van der Waals surface area (Å²) in [4.78, 5) is 31.2. The van der Waals surface area contributed by atoms with Crippen LogP contribution in [0.2, 0.25) is 0 Å². The summed E-state index contributed by atoms with van der Waals surface area (Å²) in [7, 11) is 0. The van der Waals surface area contributed by atoms with Gasteiger partial charge in [-0.15, -0.1) is 11.3 Å². The van der Waals surface area contributed by atoms with Crippen molar-refractivity contribution in [2.75, 3.05) is 0 Å². The van der Waals surface area contributed by atoms with Crippen LogP contribution < -0.4 is 10.2 Å². The molecule has 35 heavy (non-hydrogen) atoms. The highest BCUT2D eigenvalue weighted by Gasteiger charge is 2.17. The predicted molar refractivity (Wildman–Crippen MR) is 140 cm³/mol. The molecular weight excluding hydrogens is 456 g/mol. The Bertz CT molecular complexity index is 1740. The van der Waals surface area contributed by atoms with Gasteiger partial charge in [0.05, 0.1) is 26.5 Å². The van der Waals surface area contributed by atoms with Crippen molar-refractivity contribution in [2.24, 2.45) is 0 Å². The second-order valence-electron chi connectivity index (χ2n) is 8.19. The van der Waals surface area contributed by atoms with E-state index < -0.39 is 0 Å². The first-order valence-corrected chi connectivity index (χ1v) is 12.0. The van der Waals surface area contributed by atoms with Gasteiger partial charge in [0.15, 0.2) is 5.75 Å². The zero-order valence-corrected chi connectivity index (χ0v) is 19.7. The van der Waals surface area contributed by atoms with Crippen molar-refractivity contribution in [1.29, 1.82) is 0 Å². The summed E-state index contributed by atoms with van der Waals surface area (Å²) in [5.41, 5.74) is 4.81. The summed E-state index contributed by atoms with van der Waals surface area (Å²) in [5, 5.41) is 2.45. The monoisotopic (exact) mass is 476 g/mol. The van der Waals surface area contributed by atoms with E-state index in [-0.39, 0.29) is 11.2 Å². The standard InChI is InChI=1S/C28H20N4O2S/c1-17-30-15-25(35-17)26-21(19-9-10-23-20(12-19)8-5-11-29-23)13-22-27(33)24(14-31-28(22)32-26)34-16-18-6-3-2-4-7-18/h2-15H,16H2,1H3,(H,31,32,33). The fourth-order valence-corrected chi connectivity index (χ4v) is 4.87. The quantitative estimate of drug-likeness (QED) is 0.323. The van der Waals surface area contributed by atoms with Crippen molar-refractivity contribution in [3.63, 3.8) is 0 Å². The summed E-state index contributed by atoms with van der Waals surface area (Å²) in [6.07, 6.45) is 5.20. The number of hydrogen-bond donors (Lipinski definition) is 1. The molecule has 0 aliphatic carbocycles. The van der Waals surface area contributed by atoms with Gasteiger partial charge in [0, 0.05) is 29.5 Å². The van der Waals surface area contributed by atoms with Crippen molar-refractivity contribution in [2.45, 2.75) is 13.5 Å². The van der Waals surface area contributed by atoms with E-state index in [9.17, 15) is 4.79 Å². The molecule has 6 nitrogen and oxygen atoms in total. The molecule has 2 aromatic carbocycles. The Labute approximate surface area is 204 Å². The number of nitrogens with zero attached hydrogens (tertiary/aromatic N) is 3. The normalized spacial score (nSPS) is 11.2. The number of H-pyrrole nitrogens is 1. The molecule has 0 aliphatic rings. The van der Waals surface area contributed by atoms with Gasteiger partial charge in [0.1, 0.15) is 12.3 Å². The number of pyridine rings is 3. The largest absolute Gasteiger partial charge is 0.483 e. The van der Waals surface area contributed by atoms with Crippen molar-refractivity contribution in [3.05, 3.63) is 106 Å². The zero-order valence-electron chi connectivity index (χ0n) is 18.9. The first-order chi connectivity index (χ1) is 17.2. The lowest BCUT2D eigenvalue weighted by Crippen LogP contribution is -2.10. The van der Waals surface area contributed by atoms with Gasteiger partial charge in [-0.3, -0.25) is 9.78 Å². The van der Waals surface area contributed by atoms with E-state index in [2.05, 4.69) is 21.0 Å². The average molecular weight is 477 g/mol. The number of hydrogen-bond acceptors (Lipinski definition) is 6. The van der Waals surface area contributed by atoms with E-state index in [1.807, 2.05) is 73.8 Å². The molecule has 6 aromatic rings. The smallest absolute Gasteiger partial charge is 0.232 e. The molecule has 0 saturated heterocycles. The van der Waals surface area contributed by atoms with Gasteiger partial charge in [-0.05, 0) is 42.3 Å². The number of nitrogens with one attached hydrogen (secondary N) is 1. The van der Waals surface area contributed by atoms with Crippen LogP contribution in [0.5, 0.6) is 5.75 Å². The van der Waals surface area contributed by atoms with Crippen LogP contribution in [0.4, 0.5) is 0 Å². The minimum absolute atomic E-state index is 0.196. The van der Waals surface area contributed by atoms with Crippen LogP contribution in [-0.4, -0.2) is 19.9 Å². The van der Waals surface area contributed by atoms with E-state index in [1.165, 1.54) is 0 Å². The molecule has 7 heteroatoms. The Balaban J connectivity index is 1.51. The highest BCUT2D eigenvalue weighted by molar-refractivity contribution is 7.15. The second-order valence-corrected chi connectivity index (χ2v) is 9.43. The highest BCUT2D eigenvalue weighted by atomic mass is 32.1. The van der Waals surface area contributed by atoms with Gasteiger partial charge in [-0.1, -0.05) is 42.5 Å². The number of ether oxygens (including phenoxy) is 1. The molecule has 0 spiro atoms. The Morgan fingerprint density at radius 1 is 1.00 bits per heavy atom. The fourth-order valence-electron chi connectivity index (χ4n) is 4.09. The molecule has 0 saturated carbocycles. The van der Waals surface area contributed by atoms with Crippen LogP contribution in [0, 0.1) is 6.92 Å². The van der Waals surface area contributed by atoms with Crippen LogP contribution in [0.3, 0.4) is 0 Å². The first kappa shape index (κ1) is 21.2. The van der Waals surface area contributed by atoms with Crippen LogP contribution in [0.25, 0.3) is 43.6 Å². The molecule has 170 valence electrons. The van der Waals surface area contributed by atoms with Crippen molar-refractivity contribution >= 4 is 33.3 Å². The molecule has 0 bridgehead atoms. The summed E-state index contributed by atoms with van der Waals surface area (Å²) < 4.78 is 5.86. The van der Waals surface area contributed by atoms with Crippen molar-refractivity contribution in [1.82, 2.24) is 19.9 Å². The van der Waals surface area contributed by atoms with Crippen molar-refractivity contribution < 1.29 is 4.74 Å². The Morgan fingerprint density at radius 2 is 1.89 bits per heavy atom. The number of fused-ring (bicyclic) bond motifs is 2. The third-order valence-corrected chi connectivity index (χ3v) is 6.76. The Hall–Kier alpha value is -4.36. The molecule has 1 N–H and O–H groups in total. The molecule has 0 aliphatic heterocycles. The molecule has 4 heterocycles. The van der Waals surface area contributed by atoms with E-state index in [1.54, 1.807) is 23.7 Å². The minimum atomic E-state index is -0.196. The van der Waals surface area contributed by atoms with Gasteiger partial charge in [0.25, 0.3) is 0 Å². The molecule has 0 amide bonds. The van der Waals surface area contributed by atoms with Gasteiger partial charge in [-0.2, -0.15) is 0 Å². The Morgan fingerprint density at radius 3 is 2.71 bits per heavy atom. The number of aryl methyl sites for hydroxylation is 1. The third kappa shape index (κ3) is 4.06. The minimum Gasteiger partial charge on any atom is -0.483 e. The highest BCUT2D eigenvalue weighted by Crippen LogP contribution is 2.36. The van der Waals surface area contributed by atoms with Crippen molar-refractivity contribution in [3.8, 4) is 27.4 Å². The molecule has 0 radical (unpaired) electrons. The van der Waals surface area contributed by atoms with Gasteiger partial charge in [-0.25, -0.2) is 9.97 Å². The van der Waals surface area contributed by atoms with Crippen LogP contribution in [-0.2, 0) is 6.61 Å². The van der Waals surface area contributed by atoms with E-state index in [0.717, 1.165) is 43.2 Å². The van der Waals surface area contributed by atoms with E-state index in [4.69, 9.17) is 9.72 Å². The van der Waals surface area contributed by atoms with Gasteiger partial charge < -0.3 is 9.72 Å². The van der Waals surface area contributed by atoms with Crippen LogP contribution >= 0.6 is 11.3 Å². The molecule has 4 aromatic heterocycles. The molecular formula is C28H20N4O2S. The lowest BCUT2D eigenvalue weighted by molar-refractivity contribution is 0.303.